The Kier molecular flexibility index (Phi) is 6.68. The second-order valence-corrected chi connectivity index (χ2v) is 12.2. The molecule has 2 unspecified atom stereocenters. The quantitative estimate of drug-likeness (QED) is 0.543. The molecule has 0 spiro atoms. The minimum atomic E-state index is -3.68. The molecule has 7 nitrogen and oxygen atoms in total. The highest BCUT2D eigenvalue weighted by atomic mass is 32.2. The maximum absolute atomic E-state index is 13.1. The normalized spacial score (nSPS) is 25.6. The second-order valence-electron chi connectivity index (χ2n) is 10.5. The number of benzene rings is 2. The number of carbonyl (C=O) groups excluding carboxylic acids is 1. The van der Waals surface area contributed by atoms with Crippen LogP contribution >= 0.6 is 0 Å². The molecule has 1 aromatic heterocycles. The Hall–Kier alpha value is -2.71. The molecule has 8 heteroatoms. The summed E-state index contributed by atoms with van der Waals surface area (Å²) < 4.78 is 29.1. The maximum atomic E-state index is 13.1. The van der Waals surface area contributed by atoms with Gasteiger partial charge in [-0.25, -0.2) is 18.1 Å². The van der Waals surface area contributed by atoms with Crippen LogP contribution in [0.15, 0.2) is 53.4 Å². The minimum absolute atomic E-state index is 0.00469. The topological polar surface area (TPSA) is 95.2 Å². The first-order valence-corrected chi connectivity index (χ1v) is 14.1. The minimum Gasteiger partial charge on any atom is -0.342 e. The Balaban J connectivity index is 1.22. The number of imidazole rings is 1. The number of piperidine rings is 1. The van der Waals surface area contributed by atoms with Crippen molar-refractivity contribution in [3.05, 3.63) is 48.5 Å². The Morgan fingerprint density at radius 2 is 1.69 bits per heavy atom. The average Bonchev–Trinajstić information content (AvgIpc) is 3.27. The van der Waals surface area contributed by atoms with Crippen molar-refractivity contribution in [2.75, 3.05) is 13.1 Å². The van der Waals surface area contributed by atoms with Gasteiger partial charge in [-0.15, -0.1) is 0 Å². The van der Waals surface area contributed by atoms with E-state index >= 15 is 0 Å². The van der Waals surface area contributed by atoms with Gasteiger partial charge in [0.25, 0.3) is 0 Å². The van der Waals surface area contributed by atoms with E-state index in [2.05, 4.69) is 28.5 Å². The summed E-state index contributed by atoms with van der Waals surface area (Å²) >= 11 is 0. The van der Waals surface area contributed by atoms with Crippen molar-refractivity contribution in [1.29, 1.82) is 0 Å². The van der Waals surface area contributed by atoms with Gasteiger partial charge in [-0.05, 0) is 62.1 Å². The van der Waals surface area contributed by atoms with Gasteiger partial charge in [0.1, 0.15) is 5.82 Å². The van der Waals surface area contributed by atoms with Gasteiger partial charge < -0.3 is 9.88 Å². The van der Waals surface area contributed by atoms with E-state index in [1.807, 2.05) is 35.2 Å². The molecule has 186 valence electrons. The lowest BCUT2D eigenvalue weighted by molar-refractivity contribution is -0.139. The van der Waals surface area contributed by atoms with Crippen LogP contribution in [0.1, 0.15) is 46.0 Å². The van der Waals surface area contributed by atoms with Gasteiger partial charge in [-0.1, -0.05) is 44.2 Å². The van der Waals surface area contributed by atoms with Crippen molar-refractivity contribution >= 4 is 27.0 Å². The highest BCUT2D eigenvalue weighted by Crippen LogP contribution is 2.30. The van der Waals surface area contributed by atoms with Crippen molar-refractivity contribution < 1.29 is 13.2 Å². The zero-order valence-electron chi connectivity index (χ0n) is 20.4. The van der Waals surface area contributed by atoms with Crippen LogP contribution in [0, 0.1) is 17.8 Å². The van der Waals surface area contributed by atoms with Crippen molar-refractivity contribution in [3.63, 3.8) is 0 Å². The molecular weight excluding hydrogens is 460 g/mol. The summed E-state index contributed by atoms with van der Waals surface area (Å²) in [5.74, 6) is 2.06. The Labute approximate surface area is 207 Å². The van der Waals surface area contributed by atoms with Crippen LogP contribution in [-0.2, 0) is 14.8 Å². The van der Waals surface area contributed by atoms with Crippen molar-refractivity contribution in [1.82, 2.24) is 19.6 Å². The number of nitrogens with zero attached hydrogens (tertiary/aromatic N) is 2. The highest BCUT2D eigenvalue weighted by molar-refractivity contribution is 7.89. The van der Waals surface area contributed by atoms with E-state index in [4.69, 9.17) is 0 Å². The fraction of sp³-hybridized carbons (Fsp3) is 0.481. The number of aromatic amines is 1. The summed E-state index contributed by atoms with van der Waals surface area (Å²) in [5, 5.41) is 0. The molecule has 2 heterocycles. The van der Waals surface area contributed by atoms with Crippen molar-refractivity contribution in [2.45, 2.75) is 56.9 Å². The lowest BCUT2D eigenvalue weighted by atomic mass is 9.84. The summed E-state index contributed by atoms with van der Waals surface area (Å²) in [6.45, 7) is 6.11. The predicted octanol–water partition coefficient (Wildman–Crippen LogP) is 4.57. The summed E-state index contributed by atoms with van der Waals surface area (Å²) in [6, 6.07) is 14.6. The molecule has 1 saturated carbocycles. The molecular formula is C27H34N4O3S. The molecule has 2 atom stereocenters. The molecule has 5 rings (SSSR count). The van der Waals surface area contributed by atoms with E-state index in [1.54, 1.807) is 18.2 Å². The van der Waals surface area contributed by atoms with Gasteiger partial charge in [0.15, 0.2) is 0 Å². The number of fused-ring (bicyclic) bond motifs is 1. The SMILES string of the molecule is CC1CC(C)CN(C(=O)[C@H]2CC[C@H](NS(=O)(=O)c3ccc4[nH]c(-c5ccccc5)nc4c3)CC2)C1. The molecule has 0 bridgehead atoms. The lowest BCUT2D eigenvalue weighted by Crippen LogP contribution is -2.47. The monoisotopic (exact) mass is 494 g/mol. The summed E-state index contributed by atoms with van der Waals surface area (Å²) in [4.78, 5) is 23.2. The number of nitrogens with one attached hydrogen (secondary N) is 2. The second kappa shape index (κ2) is 9.74. The number of rotatable bonds is 5. The van der Waals surface area contributed by atoms with E-state index in [1.165, 1.54) is 6.42 Å². The third-order valence-electron chi connectivity index (χ3n) is 7.39. The molecule has 2 aromatic carbocycles. The number of hydrogen-bond acceptors (Lipinski definition) is 4. The number of carbonyl (C=O) groups is 1. The molecule has 35 heavy (non-hydrogen) atoms. The third-order valence-corrected chi connectivity index (χ3v) is 8.91. The van der Waals surface area contributed by atoms with Crippen LogP contribution in [0.2, 0.25) is 0 Å². The zero-order chi connectivity index (χ0) is 24.6. The molecule has 3 aromatic rings. The largest absolute Gasteiger partial charge is 0.342 e. The maximum Gasteiger partial charge on any atom is 0.240 e. The molecule has 1 amide bonds. The molecule has 0 radical (unpaired) electrons. The molecule has 2 fully saturated rings. The van der Waals surface area contributed by atoms with Crippen LogP contribution < -0.4 is 4.72 Å². The average molecular weight is 495 g/mol. The molecule has 1 saturated heterocycles. The molecule has 2 N–H and O–H groups in total. The highest BCUT2D eigenvalue weighted by Gasteiger charge is 2.34. The predicted molar refractivity (Wildman–Crippen MR) is 137 cm³/mol. The van der Waals surface area contributed by atoms with Gasteiger partial charge in [0.2, 0.25) is 15.9 Å². The molecule has 2 aliphatic rings. The number of aromatic nitrogens is 2. The first-order chi connectivity index (χ1) is 16.8. The summed E-state index contributed by atoms with van der Waals surface area (Å²) in [5.41, 5.74) is 2.36. The van der Waals surface area contributed by atoms with E-state index in [9.17, 15) is 13.2 Å². The van der Waals surface area contributed by atoms with Gasteiger partial charge >= 0.3 is 0 Å². The summed E-state index contributed by atoms with van der Waals surface area (Å²) in [6.07, 6.45) is 3.99. The Bertz CT molecular complexity index is 1290. The number of likely N-dealkylation sites (tertiary alicyclic amines) is 1. The van der Waals surface area contributed by atoms with E-state index in [0.717, 1.165) is 37.0 Å². The van der Waals surface area contributed by atoms with Crippen molar-refractivity contribution in [3.8, 4) is 11.4 Å². The fourth-order valence-electron chi connectivity index (χ4n) is 5.73. The Morgan fingerprint density at radius 1 is 1.00 bits per heavy atom. The van der Waals surface area contributed by atoms with Crippen LogP contribution in [0.5, 0.6) is 0 Å². The van der Waals surface area contributed by atoms with E-state index < -0.39 is 10.0 Å². The van der Waals surface area contributed by atoms with Gasteiger partial charge in [-0.2, -0.15) is 0 Å². The van der Waals surface area contributed by atoms with Crippen molar-refractivity contribution in [2.24, 2.45) is 17.8 Å². The Morgan fingerprint density at radius 3 is 2.37 bits per heavy atom. The number of H-pyrrole nitrogens is 1. The zero-order valence-corrected chi connectivity index (χ0v) is 21.2. The van der Waals surface area contributed by atoms with Gasteiger partial charge in [0, 0.05) is 30.6 Å². The smallest absolute Gasteiger partial charge is 0.240 e. The van der Waals surface area contributed by atoms with Crippen LogP contribution in [0.25, 0.3) is 22.4 Å². The van der Waals surface area contributed by atoms with Gasteiger partial charge in [0.05, 0.1) is 15.9 Å². The first-order valence-electron chi connectivity index (χ1n) is 12.6. The molecule has 1 aliphatic heterocycles. The van der Waals surface area contributed by atoms with Gasteiger partial charge in [-0.3, -0.25) is 4.79 Å². The van der Waals surface area contributed by atoms with E-state index in [-0.39, 0.29) is 22.8 Å². The van der Waals surface area contributed by atoms with E-state index in [0.29, 0.717) is 36.0 Å². The molecule has 1 aliphatic carbocycles. The fourth-order valence-corrected chi connectivity index (χ4v) is 7.06. The van der Waals surface area contributed by atoms with Crippen LogP contribution in [0.3, 0.4) is 0 Å². The van der Waals surface area contributed by atoms with Crippen LogP contribution in [0.4, 0.5) is 0 Å². The number of hydrogen-bond donors (Lipinski definition) is 2. The summed E-state index contributed by atoms with van der Waals surface area (Å²) in [7, 11) is -3.68. The lowest BCUT2D eigenvalue weighted by Gasteiger charge is -2.38. The third kappa shape index (κ3) is 5.28. The number of amides is 1. The standard InChI is InChI=1S/C27H34N4O3S/c1-18-14-19(2)17-31(16-18)27(32)21-8-10-22(11-9-21)30-35(33,34)23-12-13-24-25(15-23)29-26(28-24)20-6-4-3-5-7-20/h3-7,12-13,15,18-19,21-22,30H,8-11,14,16-17H2,1-2H3,(H,28,29)/t18?,19?,21-,22-. The van der Waals surface area contributed by atoms with Crippen LogP contribution in [-0.4, -0.2) is 48.3 Å². The first kappa shape index (κ1) is 24.0. The number of sulfonamides is 1.